The first-order chi connectivity index (χ1) is 12.6. The average molecular weight is 349 g/mol. The highest BCUT2D eigenvalue weighted by atomic mass is 16.5. The van der Waals surface area contributed by atoms with Crippen molar-refractivity contribution < 1.29 is 9.53 Å². The van der Waals surface area contributed by atoms with Crippen LogP contribution in [0.15, 0.2) is 48.9 Å². The number of hydrogen-bond acceptors (Lipinski definition) is 6. The number of carbonyl (C=O) groups is 1. The zero-order valence-corrected chi connectivity index (χ0v) is 14.8. The molecule has 2 N–H and O–H groups in total. The second kappa shape index (κ2) is 7.60. The number of pyridine rings is 1. The Kier molecular flexibility index (Phi) is 5.07. The van der Waals surface area contributed by atoms with Crippen molar-refractivity contribution in [2.75, 3.05) is 24.8 Å². The van der Waals surface area contributed by atoms with Crippen LogP contribution in [-0.4, -0.2) is 35.0 Å². The van der Waals surface area contributed by atoms with Crippen LogP contribution in [0.5, 0.6) is 5.75 Å². The van der Waals surface area contributed by atoms with E-state index in [0.29, 0.717) is 22.9 Å². The van der Waals surface area contributed by atoms with Crippen molar-refractivity contribution >= 4 is 17.4 Å². The lowest BCUT2D eigenvalue weighted by atomic mass is 10.2. The van der Waals surface area contributed by atoms with E-state index in [9.17, 15) is 4.79 Å². The molecule has 1 aromatic carbocycles. The third-order valence-electron chi connectivity index (χ3n) is 3.78. The summed E-state index contributed by atoms with van der Waals surface area (Å²) in [5.74, 6) is 0.588. The van der Waals surface area contributed by atoms with Crippen molar-refractivity contribution in [3.8, 4) is 17.0 Å². The smallest absolute Gasteiger partial charge is 0.278 e. The van der Waals surface area contributed by atoms with Crippen LogP contribution in [-0.2, 0) is 0 Å². The number of rotatable bonds is 5. The number of ether oxygens (including phenoxy) is 1. The van der Waals surface area contributed by atoms with E-state index < -0.39 is 0 Å². The Labute approximate surface area is 151 Å². The van der Waals surface area contributed by atoms with Crippen molar-refractivity contribution in [1.82, 2.24) is 15.0 Å². The lowest BCUT2D eigenvalue weighted by molar-refractivity contribution is 0.102. The van der Waals surface area contributed by atoms with Gasteiger partial charge in [-0.2, -0.15) is 0 Å². The maximum absolute atomic E-state index is 12.8. The predicted molar refractivity (Wildman–Crippen MR) is 100 cm³/mol. The van der Waals surface area contributed by atoms with E-state index in [-0.39, 0.29) is 11.6 Å². The number of amides is 1. The van der Waals surface area contributed by atoms with Gasteiger partial charge in [0.1, 0.15) is 5.75 Å². The first-order valence-corrected chi connectivity index (χ1v) is 8.03. The van der Waals surface area contributed by atoms with Crippen molar-refractivity contribution in [3.05, 3.63) is 60.2 Å². The van der Waals surface area contributed by atoms with Crippen molar-refractivity contribution in [2.45, 2.75) is 6.92 Å². The monoisotopic (exact) mass is 349 g/mol. The van der Waals surface area contributed by atoms with Crippen LogP contribution in [0.4, 0.5) is 11.5 Å². The first kappa shape index (κ1) is 17.3. The normalized spacial score (nSPS) is 10.3. The van der Waals surface area contributed by atoms with Crippen molar-refractivity contribution in [3.63, 3.8) is 0 Å². The van der Waals surface area contributed by atoms with E-state index in [2.05, 4.69) is 25.6 Å². The SMILES string of the molecule is CNc1ncc(-c2cccnc2)nc1C(=O)Nc1cc(C)ccc1OC. The molecule has 7 nitrogen and oxygen atoms in total. The van der Waals surface area contributed by atoms with Gasteiger partial charge in [0.15, 0.2) is 11.5 Å². The zero-order chi connectivity index (χ0) is 18.5. The Hall–Kier alpha value is -3.48. The number of benzene rings is 1. The molecule has 0 radical (unpaired) electrons. The van der Waals surface area contributed by atoms with Crippen LogP contribution in [0, 0.1) is 6.92 Å². The first-order valence-electron chi connectivity index (χ1n) is 8.03. The maximum atomic E-state index is 12.8. The molecule has 2 aromatic heterocycles. The molecule has 1 amide bonds. The summed E-state index contributed by atoms with van der Waals surface area (Å²) in [4.78, 5) is 25.7. The van der Waals surface area contributed by atoms with E-state index in [1.165, 1.54) is 0 Å². The minimum absolute atomic E-state index is 0.192. The Balaban J connectivity index is 1.97. The van der Waals surface area contributed by atoms with Gasteiger partial charge in [0.05, 0.1) is 24.7 Å². The van der Waals surface area contributed by atoms with Crippen LogP contribution in [0.25, 0.3) is 11.3 Å². The number of nitrogens with one attached hydrogen (secondary N) is 2. The molecule has 0 atom stereocenters. The zero-order valence-electron chi connectivity index (χ0n) is 14.8. The van der Waals surface area contributed by atoms with E-state index in [1.54, 1.807) is 38.8 Å². The fraction of sp³-hybridized carbons (Fsp3) is 0.158. The molecular formula is C19H19N5O2. The number of aromatic nitrogens is 3. The van der Waals surface area contributed by atoms with Gasteiger partial charge in [-0.15, -0.1) is 0 Å². The van der Waals surface area contributed by atoms with Gasteiger partial charge in [-0.3, -0.25) is 9.78 Å². The Bertz CT molecular complexity index is 928. The number of carbonyl (C=O) groups excluding carboxylic acids is 1. The third-order valence-corrected chi connectivity index (χ3v) is 3.78. The molecule has 0 fully saturated rings. The van der Waals surface area contributed by atoms with Crippen LogP contribution < -0.4 is 15.4 Å². The maximum Gasteiger partial charge on any atom is 0.278 e. The van der Waals surface area contributed by atoms with Gasteiger partial charge in [-0.1, -0.05) is 6.07 Å². The van der Waals surface area contributed by atoms with Crippen LogP contribution in [0.1, 0.15) is 16.1 Å². The molecule has 0 aliphatic heterocycles. The van der Waals surface area contributed by atoms with Gasteiger partial charge in [0.25, 0.3) is 5.91 Å². The summed E-state index contributed by atoms with van der Waals surface area (Å²) in [6, 6.07) is 9.23. The average Bonchev–Trinajstić information content (AvgIpc) is 2.68. The lowest BCUT2D eigenvalue weighted by Crippen LogP contribution is -2.17. The van der Waals surface area contributed by atoms with Gasteiger partial charge in [-0.25, -0.2) is 9.97 Å². The summed E-state index contributed by atoms with van der Waals surface area (Å²) in [5, 5.41) is 5.75. The number of anilines is 2. The summed E-state index contributed by atoms with van der Waals surface area (Å²) < 4.78 is 5.31. The molecular weight excluding hydrogens is 330 g/mol. The Morgan fingerprint density at radius 1 is 1.19 bits per heavy atom. The highest BCUT2D eigenvalue weighted by molar-refractivity contribution is 6.07. The second-order valence-corrected chi connectivity index (χ2v) is 5.60. The number of aryl methyl sites for hydroxylation is 1. The molecule has 0 bridgehead atoms. The van der Waals surface area contributed by atoms with Gasteiger partial charge in [-0.05, 0) is 36.8 Å². The fourth-order valence-electron chi connectivity index (χ4n) is 2.48. The predicted octanol–water partition coefficient (Wildman–Crippen LogP) is 3.15. The van der Waals surface area contributed by atoms with Crippen molar-refractivity contribution in [1.29, 1.82) is 0 Å². The molecule has 0 aliphatic rings. The molecule has 132 valence electrons. The standard InChI is InChI=1S/C19H19N5O2/c1-12-6-7-16(26-3)14(9-12)24-19(25)17-18(20-2)22-11-15(23-17)13-5-4-8-21-10-13/h4-11H,1-3H3,(H,20,22)(H,24,25). The van der Waals surface area contributed by atoms with Gasteiger partial charge >= 0.3 is 0 Å². The highest BCUT2D eigenvalue weighted by Crippen LogP contribution is 2.26. The molecule has 3 rings (SSSR count). The Morgan fingerprint density at radius 2 is 2.04 bits per heavy atom. The van der Waals surface area contributed by atoms with Crippen LogP contribution >= 0.6 is 0 Å². The number of hydrogen-bond donors (Lipinski definition) is 2. The van der Waals surface area contributed by atoms with Gasteiger partial charge < -0.3 is 15.4 Å². The summed E-state index contributed by atoms with van der Waals surface area (Å²) in [6.45, 7) is 1.94. The van der Waals surface area contributed by atoms with E-state index in [1.807, 2.05) is 31.2 Å². The molecule has 0 unspecified atom stereocenters. The molecule has 3 aromatic rings. The second-order valence-electron chi connectivity index (χ2n) is 5.60. The summed E-state index contributed by atoms with van der Waals surface area (Å²) in [5.41, 5.74) is 3.12. The highest BCUT2D eigenvalue weighted by Gasteiger charge is 2.18. The minimum Gasteiger partial charge on any atom is -0.495 e. The molecule has 2 heterocycles. The summed E-state index contributed by atoms with van der Waals surface area (Å²) in [6.07, 6.45) is 4.96. The number of methoxy groups -OCH3 is 1. The molecule has 0 spiro atoms. The molecule has 0 saturated carbocycles. The molecule has 0 saturated heterocycles. The topological polar surface area (TPSA) is 89.0 Å². The quantitative estimate of drug-likeness (QED) is 0.735. The third kappa shape index (κ3) is 3.61. The van der Waals surface area contributed by atoms with Crippen LogP contribution in [0.3, 0.4) is 0 Å². The van der Waals surface area contributed by atoms with E-state index in [0.717, 1.165) is 11.1 Å². The molecule has 26 heavy (non-hydrogen) atoms. The molecule has 0 aliphatic carbocycles. The minimum atomic E-state index is -0.378. The lowest BCUT2D eigenvalue weighted by Gasteiger charge is -2.13. The summed E-state index contributed by atoms with van der Waals surface area (Å²) >= 11 is 0. The largest absolute Gasteiger partial charge is 0.495 e. The number of nitrogens with zero attached hydrogens (tertiary/aromatic N) is 3. The Morgan fingerprint density at radius 3 is 2.73 bits per heavy atom. The van der Waals surface area contributed by atoms with Gasteiger partial charge in [0, 0.05) is 25.0 Å². The van der Waals surface area contributed by atoms with Gasteiger partial charge in [0.2, 0.25) is 0 Å². The molecule has 7 heteroatoms. The fourth-order valence-corrected chi connectivity index (χ4v) is 2.48. The van der Waals surface area contributed by atoms with E-state index in [4.69, 9.17) is 4.74 Å². The van der Waals surface area contributed by atoms with Crippen molar-refractivity contribution in [2.24, 2.45) is 0 Å². The van der Waals surface area contributed by atoms with E-state index >= 15 is 0 Å². The summed E-state index contributed by atoms with van der Waals surface area (Å²) in [7, 11) is 3.25. The van der Waals surface area contributed by atoms with Crippen LogP contribution in [0.2, 0.25) is 0 Å².